The van der Waals surface area contributed by atoms with Gasteiger partial charge in [-0.1, -0.05) is 17.7 Å². The third-order valence-electron chi connectivity index (χ3n) is 6.03. The van der Waals surface area contributed by atoms with Crippen LogP contribution in [0, 0.1) is 24.1 Å². The van der Waals surface area contributed by atoms with Crippen molar-refractivity contribution < 1.29 is 35.5 Å². The van der Waals surface area contributed by atoms with Crippen LogP contribution in [-0.2, 0) is 22.6 Å². The number of anilines is 1. The highest BCUT2D eigenvalue weighted by molar-refractivity contribution is 6.30. The van der Waals surface area contributed by atoms with E-state index < -0.39 is 46.2 Å². The summed E-state index contributed by atoms with van der Waals surface area (Å²) in [5.74, 6) is -1.49. The number of halogens is 8. The van der Waals surface area contributed by atoms with Gasteiger partial charge in [-0.05, 0) is 73.9 Å². The van der Waals surface area contributed by atoms with E-state index in [0.29, 0.717) is 23.3 Å². The monoisotopic (exact) mass is 557 g/mol. The maximum Gasteiger partial charge on any atom is 0.416 e. The smallest absolute Gasteiger partial charge is 0.312 e. The highest BCUT2D eigenvalue weighted by atomic mass is 35.5. The molecule has 3 aromatic rings. The molecule has 0 unspecified atom stereocenters. The number of aryl methyl sites for hydroxylation is 1. The lowest BCUT2D eigenvalue weighted by molar-refractivity contribution is -0.143. The number of pyridine rings is 1. The number of benzene rings is 2. The number of hydrogen-bond donors (Lipinski definition) is 0. The van der Waals surface area contributed by atoms with Crippen LogP contribution in [0.5, 0.6) is 0 Å². The average Bonchev–Trinajstić information content (AvgIpc) is 2.81. The summed E-state index contributed by atoms with van der Waals surface area (Å²) in [6.45, 7) is 3.90. The number of nitriles is 1. The maximum absolute atomic E-state index is 13.7. The van der Waals surface area contributed by atoms with Gasteiger partial charge in [0.1, 0.15) is 17.0 Å². The topological polar surface area (TPSA) is 57.0 Å². The van der Waals surface area contributed by atoms with Crippen LogP contribution in [0.4, 0.5) is 36.4 Å². The predicted octanol–water partition coefficient (Wildman–Crippen LogP) is 7.70. The lowest BCUT2D eigenvalue weighted by atomic mass is 9.81. The number of nitrogens with zero attached hydrogens (tertiary/aromatic N) is 3. The fourth-order valence-electron chi connectivity index (χ4n) is 4.02. The van der Waals surface area contributed by atoms with Crippen molar-refractivity contribution in [3.8, 4) is 17.2 Å². The van der Waals surface area contributed by atoms with E-state index in [-0.39, 0.29) is 28.2 Å². The summed E-state index contributed by atoms with van der Waals surface area (Å²) >= 11 is 6.07. The molecule has 0 saturated carbocycles. The van der Waals surface area contributed by atoms with Gasteiger partial charge in [-0.15, -0.1) is 0 Å². The number of alkyl halides is 6. The molecule has 0 aliphatic rings. The fraction of sp³-hybridized carbons (Fsp3) is 0.269. The Kier molecular flexibility index (Phi) is 7.54. The molecule has 0 N–H and O–H groups in total. The van der Waals surface area contributed by atoms with Gasteiger partial charge in [0.25, 0.3) is 0 Å². The van der Waals surface area contributed by atoms with E-state index in [0.717, 1.165) is 11.0 Å². The Bertz CT molecular complexity index is 1420. The Morgan fingerprint density at radius 1 is 0.921 bits per heavy atom. The molecule has 1 aromatic heterocycles. The predicted molar refractivity (Wildman–Crippen MR) is 127 cm³/mol. The summed E-state index contributed by atoms with van der Waals surface area (Å²) < 4.78 is 94.4. The Morgan fingerprint density at radius 3 is 1.92 bits per heavy atom. The molecule has 2 aromatic carbocycles. The summed E-state index contributed by atoms with van der Waals surface area (Å²) in [6.07, 6.45) is -10.2. The standard InChI is InChI=1S/C26H19ClF7N3O/c1-13-7-17(28)5-6-18(13)19-11-21(27)36-20(12-35)22(19)37(4)23(38)24(2,3)14-8-15(25(29,30)31)10-16(9-14)26(32,33)34/h5-11H,1-4H3. The molecule has 0 aliphatic heterocycles. The van der Waals surface area contributed by atoms with Gasteiger partial charge in [-0.2, -0.15) is 31.6 Å². The van der Waals surface area contributed by atoms with Crippen molar-refractivity contribution in [1.82, 2.24) is 4.98 Å². The molecular formula is C26H19ClF7N3O. The van der Waals surface area contributed by atoms with Gasteiger partial charge in [0, 0.05) is 12.6 Å². The van der Waals surface area contributed by atoms with E-state index in [1.54, 1.807) is 13.0 Å². The molecule has 0 atom stereocenters. The third kappa shape index (κ3) is 5.60. The minimum atomic E-state index is -5.11. The summed E-state index contributed by atoms with van der Waals surface area (Å²) in [4.78, 5) is 18.5. The van der Waals surface area contributed by atoms with E-state index in [9.17, 15) is 40.8 Å². The van der Waals surface area contributed by atoms with E-state index in [1.807, 2.05) is 0 Å². The van der Waals surface area contributed by atoms with Gasteiger partial charge < -0.3 is 4.90 Å². The number of carbonyl (C=O) groups is 1. The Morgan fingerprint density at radius 2 is 1.45 bits per heavy atom. The summed E-state index contributed by atoms with van der Waals surface area (Å²) in [7, 11) is 1.20. The molecule has 4 nitrogen and oxygen atoms in total. The molecule has 0 radical (unpaired) electrons. The van der Waals surface area contributed by atoms with E-state index in [1.165, 1.54) is 39.1 Å². The number of carbonyl (C=O) groups excluding carboxylic acids is 1. The Labute approximate surface area is 218 Å². The van der Waals surface area contributed by atoms with Crippen LogP contribution in [0.15, 0.2) is 42.5 Å². The molecule has 12 heteroatoms. The second-order valence-electron chi connectivity index (χ2n) is 9.04. The van der Waals surface area contributed by atoms with Crippen molar-refractivity contribution in [1.29, 1.82) is 5.26 Å². The number of hydrogen-bond acceptors (Lipinski definition) is 3. The second-order valence-corrected chi connectivity index (χ2v) is 9.43. The zero-order valence-electron chi connectivity index (χ0n) is 20.3. The van der Waals surface area contributed by atoms with Crippen molar-refractivity contribution in [2.75, 3.05) is 11.9 Å². The zero-order valence-corrected chi connectivity index (χ0v) is 21.1. The van der Waals surface area contributed by atoms with Crippen molar-refractivity contribution in [2.24, 2.45) is 0 Å². The third-order valence-corrected chi connectivity index (χ3v) is 6.22. The van der Waals surface area contributed by atoms with Gasteiger partial charge in [0.2, 0.25) is 5.91 Å². The van der Waals surface area contributed by atoms with Crippen LogP contribution in [0.3, 0.4) is 0 Å². The maximum atomic E-state index is 13.7. The minimum Gasteiger partial charge on any atom is -0.312 e. The SMILES string of the molecule is Cc1cc(F)ccc1-c1cc(Cl)nc(C#N)c1N(C)C(=O)C(C)(C)c1cc(C(F)(F)F)cc(C(F)(F)F)c1. The Balaban J connectivity index is 2.23. The largest absolute Gasteiger partial charge is 0.416 e. The molecule has 0 saturated heterocycles. The number of likely N-dealkylation sites (N-methyl/N-ethyl adjacent to an activating group) is 1. The van der Waals surface area contributed by atoms with Crippen LogP contribution >= 0.6 is 11.6 Å². The summed E-state index contributed by atoms with van der Waals surface area (Å²) in [6, 6.07) is 7.78. The van der Waals surface area contributed by atoms with E-state index in [4.69, 9.17) is 11.6 Å². The molecule has 1 heterocycles. The zero-order chi connectivity index (χ0) is 28.8. The molecule has 0 bridgehead atoms. The highest BCUT2D eigenvalue weighted by Gasteiger charge is 2.41. The molecule has 38 heavy (non-hydrogen) atoms. The van der Waals surface area contributed by atoms with Gasteiger partial charge in [0.15, 0.2) is 5.69 Å². The number of aromatic nitrogens is 1. The van der Waals surface area contributed by atoms with Gasteiger partial charge in [-0.3, -0.25) is 4.79 Å². The van der Waals surface area contributed by atoms with Crippen LogP contribution in [0.2, 0.25) is 5.15 Å². The summed E-state index contributed by atoms with van der Waals surface area (Å²) in [5, 5.41) is 9.58. The molecule has 0 aliphatic carbocycles. The quantitative estimate of drug-likeness (QED) is 0.244. The molecule has 0 spiro atoms. The Hall–Kier alpha value is -3.65. The van der Waals surface area contributed by atoms with E-state index >= 15 is 0 Å². The first-order chi connectivity index (χ1) is 17.4. The second kappa shape index (κ2) is 9.91. The van der Waals surface area contributed by atoms with Crippen LogP contribution in [0.1, 0.15) is 41.8 Å². The molecule has 3 rings (SSSR count). The lowest BCUT2D eigenvalue weighted by Crippen LogP contribution is -2.42. The number of rotatable bonds is 4. The van der Waals surface area contributed by atoms with Gasteiger partial charge in [-0.25, -0.2) is 9.37 Å². The summed E-state index contributed by atoms with van der Waals surface area (Å²) in [5.41, 5.74) is -5.09. The van der Waals surface area contributed by atoms with Crippen molar-refractivity contribution in [3.05, 3.63) is 81.4 Å². The van der Waals surface area contributed by atoms with Crippen LogP contribution < -0.4 is 4.90 Å². The molecular weight excluding hydrogens is 539 g/mol. The first kappa shape index (κ1) is 28.9. The first-order valence-electron chi connectivity index (χ1n) is 10.8. The first-order valence-corrected chi connectivity index (χ1v) is 11.2. The minimum absolute atomic E-state index is 0.0277. The normalized spacial score (nSPS) is 12.3. The van der Waals surface area contributed by atoms with Crippen LogP contribution in [-0.4, -0.2) is 17.9 Å². The van der Waals surface area contributed by atoms with Crippen LogP contribution in [0.25, 0.3) is 11.1 Å². The van der Waals surface area contributed by atoms with Crippen molar-refractivity contribution in [2.45, 2.75) is 38.5 Å². The molecule has 200 valence electrons. The van der Waals surface area contributed by atoms with Crippen molar-refractivity contribution >= 4 is 23.2 Å². The van der Waals surface area contributed by atoms with Gasteiger partial charge in [0.05, 0.1) is 22.2 Å². The highest BCUT2D eigenvalue weighted by Crippen LogP contribution is 2.41. The molecule has 1 amide bonds. The number of amides is 1. The lowest BCUT2D eigenvalue weighted by Gasteiger charge is -2.32. The molecule has 0 fully saturated rings. The van der Waals surface area contributed by atoms with Crippen molar-refractivity contribution in [3.63, 3.8) is 0 Å². The average molecular weight is 558 g/mol. The van der Waals surface area contributed by atoms with E-state index in [2.05, 4.69) is 4.98 Å². The van der Waals surface area contributed by atoms with Gasteiger partial charge >= 0.3 is 12.4 Å². The fourth-order valence-corrected chi connectivity index (χ4v) is 4.21.